The van der Waals surface area contributed by atoms with Gasteiger partial charge < -0.3 is 19.3 Å². The third-order valence-electron chi connectivity index (χ3n) is 14.8. The highest BCUT2D eigenvalue weighted by Crippen LogP contribution is 2.42. The topological polar surface area (TPSA) is 71.5 Å². The Morgan fingerprint density at radius 1 is 0.621 bits per heavy atom. The minimum absolute atomic E-state index is 0.0283. The van der Waals surface area contributed by atoms with Crippen molar-refractivity contribution in [3.8, 4) is 0 Å². The highest BCUT2D eigenvalue weighted by Gasteiger charge is 2.31. The second kappa shape index (κ2) is 23.7. The van der Waals surface area contributed by atoms with E-state index in [2.05, 4.69) is 141 Å². The molecule has 0 amide bonds. The highest BCUT2D eigenvalue weighted by molar-refractivity contribution is 6.38. The number of carbonyl (C=O) groups excluding carboxylic acids is 1. The van der Waals surface area contributed by atoms with E-state index in [1.54, 1.807) is 6.92 Å². The molecule has 1 N–H and O–H groups in total. The van der Waals surface area contributed by atoms with Crippen LogP contribution >= 0.6 is 0 Å². The Kier molecular flexibility index (Phi) is 17.8. The molecule has 5 aromatic carbocycles. The molecule has 2 heterocycles. The largest absolute Gasteiger partial charge is 0.460 e. The summed E-state index contributed by atoms with van der Waals surface area (Å²) in [4.78, 5) is 17.1. The zero-order chi connectivity index (χ0) is 46.5. The second-order valence-corrected chi connectivity index (χ2v) is 20.9. The lowest BCUT2D eigenvalue weighted by Crippen LogP contribution is -2.31. The van der Waals surface area contributed by atoms with Gasteiger partial charge in [0.1, 0.15) is 21.2 Å². The van der Waals surface area contributed by atoms with Gasteiger partial charge in [-0.2, -0.15) is 0 Å². The Hall–Kier alpha value is -4.24. The predicted octanol–water partition coefficient (Wildman–Crippen LogP) is 10.6. The lowest BCUT2D eigenvalue weighted by Gasteiger charge is -2.35. The quantitative estimate of drug-likeness (QED) is 0.0230. The third kappa shape index (κ3) is 13.5. The average Bonchev–Trinajstić information content (AvgIpc) is 3.31. The number of esters is 1. The Morgan fingerprint density at radius 3 is 1.59 bits per heavy atom. The van der Waals surface area contributed by atoms with Gasteiger partial charge in [0, 0.05) is 44.8 Å². The molecule has 0 radical (unpaired) electrons. The number of nitrogens with zero attached hydrogens (tertiary/aromatic N) is 2. The van der Waals surface area contributed by atoms with Gasteiger partial charge in [-0.05, 0) is 104 Å². The summed E-state index contributed by atoms with van der Waals surface area (Å²) in [6.07, 6.45) is 8.42. The Balaban J connectivity index is 1.16. The molecule has 0 aliphatic carbocycles. The molecule has 2 unspecified atom stereocenters. The summed E-state index contributed by atoms with van der Waals surface area (Å²) < 4.78 is 17.4. The van der Waals surface area contributed by atoms with Gasteiger partial charge in [-0.3, -0.25) is 9.80 Å². The molecule has 0 spiro atoms. The van der Waals surface area contributed by atoms with Crippen molar-refractivity contribution in [2.75, 3.05) is 59.3 Å². The van der Waals surface area contributed by atoms with E-state index in [9.17, 15) is 9.90 Å². The molecule has 0 saturated carbocycles. The van der Waals surface area contributed by atoms with Crippen LogP contribution in [-0.2, 0) is 45.1 Å². The molecule has 7 nitrogen and oxygen atoms in total. The van der Waals surface area contributed by atoms with Crippen molar-refractivity contribution in [3.63, 3.8) is 0 Å². The first kappa shape index (κ1) is 49.7. The smallest absolute Gasteiger partial charge is 0.333 e. The first-order valence-electron chi connectivity index (χ1n) is 25.0. The van der Waals surface area contributed by atoms with Crippen LogP contribution < -0.4 is 0 Å². The number of aliphatic hydroxyl groups excluding tert-OH is 1. The van der Waals surface area contributed by atoms with Gasteiger partial charge in [0.05, 0.1) is 33.0 Å². The number of carbonyl (C=O) groups is 1. The van der Waals surface area contributed by atoms with Gasteiger partial charge in [-0.15, -0.1) is 0 Å². The summed E-state index contributed by atoms with van der Waals surface area (Å²) in [5, 5.41) is 14.8. The Bertz CT molecular complexity index is 2300. The van der Waals surface area contributed by atoms with E-state index in [1.165, 1.54) is 108 Å². The van der Waals surface area contributed by atoms with Gasteiger partial charge in [0.2, 0.25) is 0 Å². The summed E-state index contributed by atoms with van der Waals surface area (Å²) in [6, 6.07) is 36.4. The molecule has 2 saturated heterocycles. The fourth-order valence-electron chi connectivity index (χ4n) is 10.8. The van der Waals surface area contributed by atoms with Crippen LogP contribution in [0, 0.1) is 10.8 Å². The van der Waals surface area contributed by atoms with Crippen LogP contribution in [0.2, 0.25) is 12.6 Å². The molecular weight excluding hydrogens is 814 g/mol. The Labute approximate surface area is 397 Å². The number of hydrogen-bond acceptors (Lipinski definition) is 7. The normalized spacial score (nSPS) is 18.1. The van der Waals surface area contributed by atoms with Gasteiger partial charge in [-0.25, -0.2) is 4.79 Å². The lowest BCUT2D eigenvalue weighted by atomic mass is 9.47. The second-order valence-electron chi connectivity index (χ2n) is 20.9. The fraction of sp³-hybridized carbons (Fsp3) is 0.491. The minimum Gasteiger partial charge on any atom is -0.460 e. The Morgan fingerprint density at radius 2 is 1.09 bits per heavy atom. The van der Waals surface area contributed by atoms with E-state index in [0.29, 0.717) is 54.5 Å². The number of rotatable bonds is 23. The maximum atomic E-state index is 12.0. The van der Waals surface area contributed by atoms with Crippen LogP contribution in [0.15, 0.2) is 109 Å². The monoisotopic (exact) mass is 891 g/mol. The van der Waals surface area contributed by atoms with Crippen LogP contribution in [0.25, 0.3) is 21.5 Å². The first-order valence-corrected chi connectivity index (χ1v) is 25.0. The summed E-state index contributed by atoms with van der Waals surface area (Å²) in [6.45, 7) is 22.0. The van der Waals surface area contributed by atoms with E-state index in [0.717, 1.165) is 45.7 Å². The van der Waals surface area contributed by atoms with Gasteiger partial charge in [0.15, 0.2) is 0 Å². The minimum atomic E-state index is -0.377. The number of ether oxygens (including phenoxy) is 3. The van der Waals surface area contributed by atoms with Gasteiger partial charge in [-0.1, -0.05) is 157 Å². The molecule has 0 bridgehead atoms. The third-order valence-corrected chi connectivity index (χ3v) is 14.8. The van der Waals surface area contributed by atoms with Crippen molar-refractivity contribution in [2.45, 2.75) is 111 Å². The molecule has 2 fully saturated rings. The molecule has 9 heteroatoms. The zero-order valence-electron chi connectivity index (χ0n) is 40.9. The van der Waals surface area contributed by atoms with E-state index in [-0.39, 0.29) is 19.2 Å². The van der Waals surface area contributed by atoms with Crippen molar-refractivity contribution in [2.24, 2.45) is 10.8 Å². The van der Waals surface area contributed by atoms with Crippen LogP contribution in [-0.4, -0.2) is 94.7 Å². The van der Waals surface area contributed by atoms with Crippen LogP contribution in [0.3, 0.4) is 0 Å². The molecule has 350 valence electrons. The number of benzene rings is 5. The maximum Gasteiger partial charge on any atom is 0.333 e. The van der Waals surface area contributed by atoms with Crippen molar-refractivity contribution in [1.82, 2.24) is 9.80 Å². The predicted molar refractivity (Wildman–Crippen MR) is 277 cm³/mol. The molecule has 66 heavy (non-hydrogen) atoms. The number of hydrogen-bond donors (Lipinski definition) is 1. The molecular formula is C57H76B2N2O5. The molecule has 7 rings (SSSR count). The van der Waals surface area contributed by atoms with Crippen LogP contribution in [0.5, 0.6) is 0 Å². The van der Waals surface area contributed by atoms with Crippen LogP contribution in [0.1, 0.15) is 105 Å². The number of fused-ring (bicyclic) bond motifs is 2. The summed E-state index contributed by atoms with van der Waals surface area (Å²) >= 11 is 0. The van der Waals surface area contributed by atoms with E-state index in [4.69, 9.17) is 14.2 Å². The molecule has 2 atom stereocenters. The van der Waals surface area contributed by atoms with Crippen LogP contribution in [0.4, 0.5) is 0 Å². The van der Waals surface area contributed by atoms with Crippen molar-refractivity contribution >= 4 is 42.1 Å². The van der Waals surface area contributed by atoms with Gasteiger partial charge >= 0.3 is 5.97 Å². The molecule has 2 aliphatic rings. The van der Waals surface area contributed by atoms with Crippen molar-refractivity contribution < 1.29 is 24.1 Å². The highest BCUT2D eigenvalue weighted by atomic mass is 16.6. The van der Waals surface area contributed by atoms with E-state index < -0.39 is 0 Å². The number of aliphatic hydroxyl groups is 1. The summed E-state index contributed by atoms with van der Waals surface area (Å²) in [5.41, 5.74) is 9.81. The first-order chi connectivity index (χ1) is 31.9. The molecule has 5 aromatic rings. The van der Waals surface area contributed by atoms with Crippen molar-refractivity contribution in [3.05, 3.63) is 143 Å². The van der Waals surface area contributed by atoms with Crippen molar-refractivity contribution in [1.29, 1.82) is 0 Å². The SMILES string of the molecule is C=C(C)C(=O)OCCOCCN(CCc1c2ccccc2c(CN(CCOCCO)Cc2ccccc2C2BCC(C)(C)CC2)c2ccccc12)Cc1ccccc1C1BCC(C)(C)CC1. The fourth-order valence-corrected chi connectivity index (χ4v) is 10.8. The average molecular weight is 891 g/mol. The molecule has 2 aliphatic heterocycles. The summed E-state index contributed by atoms with van der Waals surface area (Å²) in [5.74, 6) is 0.801. The lowest BCUT2D eigenvalue weighted by molar-refractivity contribution is -0.140. The van der Waals surface area contributed by atoms with E-state index in [1.807, 2.05) is 0 Å². The standard InChI is InChI=1S/C57H76B2N2O5/c1-42(2)55(63)66-36-35-65-32-29-60(37-43-15-7-9-17-45(43)53-23-26-56(3,4)40-58-53)28-25-51-47-19-11-13-21-49(47)52(50-22-14-12-20-48(50)51)39-61(30-33-64-34-31-62)38-44-16-8-10-18-46(44)54-24-27-57(5,6)41-59-54/h7-22,53-54,58-59,62H,1,23-41H2,2-6H3. The van der Waals surface area contributed by atoms with E-state index >= 15 is 0 Å². The summed E-state index contributed by atoms with van der Waals surface area (Å²) in [7, 11) is 2.47. The zero-order valence-corrected chi connectivity index (χ0v) is 40.9. The van der Waals surface area contributed by atoms with Gasteiger partial charge in [0.25, 0.3) is 0 Å². The maximum absolute atomic E-state index is 12.0. The molecule has 0 aromatic heterocycles.